The monoisotopic (exact) mass is 286 g/mol. The Morgan fingerprint density at radius 3 is 3.05 bits per heavy atom. The van der Waals surface area contributed by atoms with Crippen LogP contribution in [0.3, 0.4) is 0 Å². The summed E-state index contributed by atoms with van der Waals surface area (Å²) in [6.07, 6.45) is 2.71. The molecule has 0 fully saturated rings. The smallest absolute Gasteiger partial charge is 0.234 e. The summed E-state index contributed by atoms with van der Waals surface area (Å²) in [5.41, 5.74) is 3.07. The third-order valence-electron chi connectivity index (χ3n) is 3.38. The van der Waals surface area contributed by atoms with Gasteiger partial charge in [0.05, 0.1) is 18.2 Å². The van der Waals surface area contributed by atoms with Crippen LogP contribution in [0.1, 0.15) is 28.9 Å². The SMILES string of the molecule is Cc1cc(C)n2c(CNCC(O)c3ccco3)cnc2n1. The van der Waals surface area contributed by atoms with Gasteiger partial charge in [0.15, 0.2) is 0 Å². The van der Waals surface area contributed by atoms with Crippen molar-refractivity contribution in [2.75, 3.05) is 6.54 Å². The summed E-state index contributed by atoms with van der Waals surface area (Å²) in [4.78, 5) is 8.72. The minimum atomic E-state index is -0.652. The van der Waals surface area contributed by atoms with E-state index in [9.17, 15) is 5.11 Å². The zero-order valence-corrected chi connectivity index (χ0v) is 12.1. The molecule has 0 saturated heterocycles. The van der Waals surface area contributed by atoms with E-state index in [2.05, 4.69) is 15.3 Å². The van der Waals surface area contributed by atoms with Gasteiger partial charge in [-0.1, -0.05) is 0 Å². The highest BCUT2D eigenvalue weighted by Gasteiger charge is 2.11. The lowest BCUT2D eigenvalue weighted by Gasteiger charge is -2.10. The number of aromatic nitrogens is 3. The first-order valence-electron chi connectivity index (χ1n) is 6.88. The number of hydrogen-bond acceptors (Lipinski definition) is 5. The zero-order valence-electron chi connectivity index (χ0n) is 12.1. The molecular weight excluding hydrogens is 268 g/mol. The van der Waals surface area contributed by atoms with Crippen LogP contribution in [0.2, 0.25) is 0 Å². The van der Waals surface area contributed by atoms with Crippen molar-refractivity contribution in [2.24, 2.45) is 0 Å². The molecule has 3 aromatic rings. The van der Waals surface area contributed by atoms with Crippen LogP contribution < -0.4 is 5.32 Å². The normalized spacial score (nSPS) is 12.9. The quantitative estimate of drug-likeness (QED) is 0.747. The highest BCUT2D eigenvalue weighted by atomic mass is 16.4. The molecule has 0 radical (unpaired) electrons. The van der Waals surface area contributed by atoms with Gasteiger partial charge in [0.25, 0.3) is 0 Å². The van der Waals surface area contributed by atoms with Crippen LogP contribution in [0, 0.1) is 13.8 Å². The molecular formula is C15H18N4O2. The molecule has 0 spiro atoms. The fraction of sp³-hybridized carbons (Fsp3) is 0.333. The minimum Gasteiger partial charge on any atom is -0.467 e. The number of rotatable bonds is 5. The maximum Gasteiger partial charge on any atom is 0.234 e. The van der Waals surface area contributed by atoms with E-state index in [1.54, 1.807) is 24.6 Å². The molecule has 0 aromatic carbocycles. The molecule has 3 rings (SSSR count). The van der Waals surface area contributed by atoms with Gasteiger partial charge in [0, 0.05) is 24.5 Å². The number of aryl methyl sites for hydroxylation is 2. The molecule has 6 nitrogen and oxygen atoms in total. The summed E-state index contributed by atoms with van der Waals surface area (Å²) in [5.74, 6) is 1.27. The van der Waals surface area contributed by atoms with E-state index in [1.807, 2.05) is 24.3 Å². The van der Waals surface area contributed by atoms with Crippen molar-refractivity contribution < 1.29 is 9.52 Å². The van der Waals surface area contributed by atoms with E-state index >= 15 is 0 Å². The first-order valence-corrected chi connectivity index (χ1v) is 6.88. The largest absolute Gasteiger partial charge is 0.467 e. The van der Waals surface area contributed by atoms with Gasteiger partial charge in [0.2, 0.25) is 5.78 Å². The molecule has 3 heterocycles. The Morgan fingerprint density at radius 1 is 1.43 bits per heavy atom. The molecule has 110 valence electrons. The molecule has 0 saturated carbocycles. The number of fused-ring (bicyclic) bond motifs is 1. The molecule has 0 aliphatic heterocycles. The van der Waals surface area contributed by atoms with Crippen molar-refractivity contribution in [3.63, 3.8) is 0 Å². The van der Waals surface area contributed by atoms with Crippen molar-refractivity contribution in [3.05, 3.63) is 53.5 Å². The first kappa shape index (κ1) is 13.8. The van der Waals surface area contributed by atoms with E-state index in [0.29, 0.717) is 24.6 Å². The van der Waals surface area contributed by atoms with Gasteiger partial charge in [-0.25, -0.2) is 9.97 Å². The van der Waals surface area contributed by atoms with E-state index in [1.165, 1.54) is 0 Å². The standard InChI is InChI=1S/C15H18N4O2/c1-10-6-11(2)19-12(8-17-15(19)18-10)7-16-9-13(20)14-4-3-5-21-14/h3-6,8,13,16,20H,7,9H2,1-2H3. The molecule has 1 unspecified atom stereocenters. The molecule has 0 amide bonds. The molecule has 3 aromatic heterocycles. The van der Waals surface area contributed by atoms with Gasteiger partial charge in [-0.15, -0.1) is 0 Å². The van der Waals surface area contributed by atoms with Crippen molar-refractivity contribution in [1.29, 1.82) is 0 Å². The summed E-state index contributed by atoms with van der Waals surface area (Å²) in [6.45, 7) is 5.01. The van der Waals surface area contributed by atoms with Crippen LogP contribution in [0.25, 0.3) is 5.78 Å². The summed E-state index contributed by atoms with van der Waals surface area (Å²) < 4.78 is 7.18. The number of nitrogens with zero attached hydrogens (tertiary/aromatic N) is 3. The fourth-order valence-electron chi connectivity index (χ4n) is 2.44. The molecule has 0 bridgehead atoms. The molecule has 0 aliphatic carbocycles. The predicted molar refractivity (Wildman–Crippen MR) is 77.8 cm³/mol. The van der Waals surface area contributed by atoms with Crippen molar-refractivity contribution >= 4 is 5.78 Å². The Morgan fingerprint density at radius 2 is 2.29 bits per heavy atom. The van der Waals surface area contributed by atoms with Crippen molar-refractivity contribution in [3.8, 4) is 0 Å². The average molecular weight is 286 g/mol. The van der Waals surface area contributed by atoms with Crippen LogP contribution in [-0.2, 0) is 6.54 Å². The lowest BCUT2D eigenvalue weighted by molar-refractivity contribution is 0.147. The van der Waals surface area contributed by atoms with E-state index in [4.69, 9.17) is 4.42 Å². The Hall–Kier alpha value is -2.18. The fourth-order valence-corrected chi connectivity index (χ4v) is 2.44. The second-order valence-corrected chi connectivity index (χ2v) is 5.09. The first-order chi connectivity index (χ1) is 10.1. The van der Waals surface area contributed by atoms with Gasteiger partial charge in [0.1, 0.15) is 11.9 Å². The second-order valence-electron chi connectivity index (χ2n) is 5.09. The number of hydrogen-bond donors (Lipinski definition) is 2. The van der Waals surface area contributed by atoms with Crippen LogP contribution in [-0.4, -0.2) is 26.0 Å². The molecule has 21 heavy (non-hydrogen) atoms. The Balaban J connectivity index is 1.68. The van der Waals surface area contributed by atoms with Gasteiger partial charge >= 0.3 is 0 Å². The third kappa shape index (κ3) is 2.81. The minimum absolute atomic E-state index is 0.416. The summed E-state index contributed by atoms with van der Waals surface area (Å²) >= 11 is 0. The van der Waals surface area contributed by atoms with Crippen molar-refractivity contribution in [1.82, 2.24) is 19.7 Å². The van der Waals surface area contributed by atoms with Gasteiger partial charge in [-0.2, -0.15) is 0 Å². The molecule has 2 N–H and O–H groups in total. The summed E-state index contributed by atoms with van der Waals surface area (Å²) in [7, 11) is 0. The molecule has 1 atom stereocenters. The van der Waals surface area contributed by atoms with Crippen LogP contribution >= 0.6 is 0 Å². The summed E-state index contributed by atoms with van der Waals surface area (Å²) in [6, 6.07) is 5.55. The number of furan rings is 1. The van der Waals surface area contributed by atoms with Gasteiger partial charge < -0.3 is 14.8 Å². The number of aliphatic hydroxyl groups is 1. The van der Waals surface area contributed by atoms with Crippen molar-refractivity contribution in [2.45, 2.75) is 26.5 Å². The average Bonchev–Trinajstić information content (AvgIpc) is 3.07. The van der Waals surface area contributed by atoms with E-state index < -0.39 is 6.10 Å². The summed E-state index contributed by atoms with van der Waals surface area (Å²) in [5, 5.41) is 13.2. The van der Waals surface area contributed by atoms with Crippen LogP contribution in [0.4, 0.5) is 0 Å². The van der Waals surface area contributed by atoms with Gasteiger partial charge in [-0.3, -0.25) is 4.40 Å². The third-order valence-corrected chi connectivity index (χ3v) is 3.38. The zero-order chi connectivity index (χ0) is 14.8. The van der Waals surface area contributed by atoms with E-state index in [0.717, 1.165) is 17.1 Å². The molecule has 6 heteroatoms. The lowest BCUT2D eigenvalue weighted by Crippen LogP contribution is -2.21. The highest BCUT2D eigenvalue weighted by molar-refractivity contribution is 5.35. The number of aliphatic hydroxyl groups excluding tert-OH is 1. The van der Waals surface area contributed by atoms with Gasteiger partial charge in [-0.05, 0) is 32.0 Å². The number of nitrogens with one attached hydrogen (secondary N) is 1. The van der Waals surface area contributed by atoms with Crippen LogP contribution in [0.5, 0.6) is 0 Å². The van der Waals surface area contributed by atoms with E-state index in [-0.39, 0.29) is 0 Å². The topological polar surface area (TPSA) is 75.6 Å². The Kier molecular flexibility index (Phi) is 3.72. The Bertz CT molecular complexity index is 734. The maximum atomic E-state index is 9.95. The predicted octanol–water partition coefficient (Wildman–Crippen LogP) is 1.76. The second kappa shape index (κ2) is 5.67. The molecule has 0 aliphatic rings. The Labute approximate surface area is 122 Å². The highest BCUT2D eigenvalue weighted by Crippen LogP contribution is 2.13. The lowest BCUT2D eigenvalue weighted by atomic mass is 10.2. The van der Waals surface area contributed by atoms with Crippen LogP contribution in [0.15, 0.2) is 35.1 Å². The maximum absolute atomic E-state index is 9.95. The number of imidazole rings is 1.